The quantitative estimate of drug-likeness (QED) is 0.162. The Balaban J connectivity index is 1.22. The van der Waals surface area contributed by atoms with Crippen molar-refractivity contribution in [2.45, 2.75) is 12.8 Å². The zero-order valence-corrected chi connectivity index (χ0v) is 30.9. The molecule has 0 saturated heterocycles. The van der Waals surface area contributed by atoms with Crippen molar-refractivity contribution >= 4 is 44.4 Å². The lowest BCUT2D eigenvalue weighted by Gasteiger charge is -2.18. The minimum absolute atomic E-state index is 0.961. The maximum absolute atomic E-state index is 2.55. The molecule has 2 aromatic heterocycles. The lowest BCUT2D eigenvalue weighted by Crippen LogP contribution is -2.05. The molecule has 2 heterocycles. The van der Waals surface area contributed by atoms with E-state index in [2.05, 4.69) is 215 Å². The Labute approximate surface area is 326 Å². The third-order valence-electron chi connectivity index (χ3n) is 11.6. The summed E-state index contributed by atoms with van der Waals surface area (Å²) in [6, 6.07) is 73.1. The highest BCUT2D eigenvalue weighted by molar-refractivity contribution is 6.16. The zero-order chi connectivity index (χ0) is 37.0. The van der Waals surface area contributed by atoms with Gasteiger partial charge in [0.15, 0.2) is 0 Å². The molecule has 0 bridgehead atoms. The van der Waals surface area contributed by atoms with E-state index in [4.69, 9.17) is 0 Å². The molecular formula is C54H38N2. The third-order valence-corrected chi connectivity index (χ3v) is 11.6. The molecule has 0 unspecified atom stereocenters. The van der Waals surface area contributed by atoms with E-state index in [9.17, 15) is 0 Å². The van der Waals surface area contributed by atoms with E-state index in [1.165, 1.54) is 94.2 Å². The second-order valence-electron chi connectivity index (χ2n) is 14.9. The first-order chi connectivity index (χ1) is 27.8. The normalized spacial score (nSPS) is 12.6. The van der Waals surface area contributed by atoms with Crippen LogP contribution in [0.2, 0.25) is 0 Å². The average molecular weight is 715 g/mol. The van der Waals surface area contributed by atoms with E-state index in [0.717, 1.165) is 18.5 Å². The first-order valence-corrected chi connectivity index (χ1v) is 19.6. The van der Waals surface area contributed by atoms with Crippen molar-refractivity contribution in [3.8, 4) is 44.8 Å². The highest BCUT2D eigenvalue weighted by Gasteiger charge is 2.25. The minimum Gasteiger partial charge on any atom is -0.313 e. The Morgan fingerprint density at radius 3 is 1.38 bits per heavy atom. The van der Waals surface area contributed by atoms with Crippen LogP contribution in [-0.4, -0.2) is 9.13 Å². The molecular weight excluding hydrogens is 677 g/mol. The molecule has 11 rings (SSSR count). The molecule has 0 atom stereocenters. The van der Waals surface area contributed by atoms with Gasteiger partial charge in [0.1, 0.15) is 0 Å². The molecule has 0 amide bonds. The number of nitrogens with zero attached hydrogens (tertiary/aromatic N) is 2. The first kappa shape index (κ1) is 32.3. The number of fused-ring (bicyclic) bond motifs is 6. The van der Waals surface area contributed by atoms with Crippen LogP contribution in [0, 0.1) is 0 Å². The number of hydrogen-bond donors (Lipinski definition) is 0. The van der Waals surface area contributed by atoms with Crippen molar-refractivity contribution in [2.75, 3.05) is 0 Å². The lowest BCUT2D eigenvalue weighted by molar-refractivity contribution is 0.898. The van der Waals surface area contributed by atoms with Crippen LogP contribution in [0.25, 0.3) is 89.1 Å². The van der Waals surface area contributed by atoms with E-state index >= 15 is 0 Å². The smallest absolute Gasteiger partial charge is 0.0562 e. The largest absolute Gasteiger partial charge is 0.313 e. The summed E-state index contributed by atoms with van der Waals surface area (Å²) in [6.07, 6.45) is 4.42. The number of benzene rings is 8. The predicted octanol–water partition coefficient (Wildman–Crippen LogP) is 14.2. The van der Waals surface area contributed by atoms with Crippen LogP contribution in [-0.2, 0) is 6.42 Å². The molecule has 264 valence electrons. The molecule has 0 spiro atoms. The number of rotatable bonds is 6. The second-order valence-corrected chi connectivity index (χ2v) is 14.9. The zero-order valence-electron chi connectivity index (χ0n) is 30.9. The van der Waals surface area contributed by atoms with Gasteiger partial charge in [0.25, 0.3) is 0 Å². The molecule has 10 aromatic rings. The summed E-state index contributed by atoms with van der Waals surface area (Å²) in [5, 5.41) is 3.80. The summed E-state index contributed by atoms with van der Waals surface area (Å²) < 4.78 is 5.03. The van der Waals surface area contributed by atoms with E-state index in [1.807, 2.05) is 0 Å². The molecule has 1 aliphatic rings. The highest BCUT2D eigenvalue weighted by Crippen LogP contribution is 2.44. The SMILES string of the molecule is C1=C(c2ccccc2)CCc2c1c1cc3c4cc(-c5ccccc5)ccc4n(-c4cccc(-c5ccccc5)c4)c3cc1n2-c1cccc(-c2ccccc2)c1. The Kier molecular flexibility index (Phi) is 7.67. The van der Waals surface area contributed by atoms with Gasteiger partial charge in [-0.05, 0) is 112 Å². The van der Waals surface area contributed by atoms with Crippen molar-refractivity contribution in [1.29, 1.82) is 0 Å². The molecule has 1 aliphatic carbocycles. The van der Waals surface area contributed by atoms with E-state index in [1.54, 1.807) is 0 Å². The monoisotopic (exact) mass is 714 g/mol. The van der Waals surface area contributed by atoms with Crippen LogP contribution in [0.5, 0.6) is 0 Å². The van der Waals surface area contributed by atoms with Gasteiger partial charge in [0, 0.05) is 38.8 Å². The minimum atomic E-state index is 0.961. The molecule has 0 aliphatic heterocycles. The summed E-state index contributed by atoms with van der Waals surface area (Å²) in [4.78, 5) is 0. The molecule has 2 nitrogen and oxygen atoms in total. The molecule has 0 radical (unpaired) electrons. The summed E-state index contributed by atoms with van der Waals surface area (Å²) in [5.41, 5.74) is 18.6. The maximum Gasteiger partial charge on any atom is 0.0562 e. The number of allylic oxidation sites excluding steroid dienone is 1. The average Bonchev–Trinajstić information content (AvgIpc) is 3.78. The van der Waals surface area contributed by atoms with Crippen molar-refractivity contribution < 1.29 is 0 Å². The van der Waals surface area contributed by atoms with Crippen LogP contribution in [0.4, 0.5) is 0 Å². The van der Waals surface area contributed by atoms with Gasteiger partial charge in [0.05, 0.1) is 16.6 Å². The van der Waals surface area contributed by atoms with Crippen LogP contribution < -0.4 is 0 Å². The van der Waals surface area contributed by atoms with E-state index < -0.39 is 0 Å². The fraction of sp³-hybridized carbons (Fsp3) is 0.0370. The van der Waals surface area contributed by atoms with E-state index in [0.29, 0.717) is 0 Å². The van der Waals surface area contributed by atoms with Gasteiger partial charge >= 0.3 is 0 Å². The summed E-state index contributed by atoms with van der Waals surface area (Å²) >= 11 is 0. The van der Waals surface area contributed by atoms with Crippen molar-refractivity contribution in [3.63, 3.8) is 0 Å². The topological polar surface area (TPSA) is 9.86 Å². The van der Waals surface area contributed by atoms with Gasteiger partial charge in [0.2, 0.25) is 0 Å². The molecule has 0 saturated carbocycles. The molecule has 2 heteroatoms. The van der Waals surface area contributed by atoms with Crippen molar-refractivity contribution in [2.24, 2.45) is 0 Å². The number of hydrogen-bond acceptors (Lipinski definition) is 0. The standard InChI is InChI=1S/C54H38N2/c1-5-15-37(16-6-1)41-23-13-25-45(31-41)55-51-29-27-43(39-19-9-3-10-20-39)33-47(51)49-35-50-48-34-44(40-21-11-4-12-22-40)28-30-52(48)56(54(50)36-53(49)55)46-26-14-24-42(32-46)38-17-7-2-8-18-38/h1-27,29,31-36H,28,30H2. The maximum atomic E-state index is 2.55. The second kappa shape index (κ2) is 13.3. The summed E-state index contributed by atoms with van der Waals surface area (Å²) in [7, 11) is 0. The van der Waals surface area contributed by atoms with Gasteiger partial charge in [-0.25, -0.2) is 0 Å². The predicted molar refractivity (Wildman–Crippen MR) is 237 cm³/mol. The van der Waals surface area contributed by atoms with Crippen LogP contribution >= 0.6 is 0 Å². The Morgan fingerprint density at radius 1 is 0.304 bits per heavy atom. The van der Waals surface area contributed by atoms with Crippen LogP contribution in [0.3, 0.4) is 0 Å². The van der Waals surface area contributed by atoms with Gasteiger partial charge in [-0.3, -0.25) is 0 Å². The third kappa shape index (κ3) is 5.41. The molecule has 56 heavy (non-hydrogen) atoms. The van der Waals surface area contributed by atoms with Gasteiger partial charge < -0.3 is 9.13 Å². The fourth-order valence-corrected chi connectivity index (χ4v) is 8.96. The van der Waals surface area contributed by atoms with Gasteiger partial charge in [-0.2, -0.15) is 0 Å². The van der Waals surface area contributed by atoms with Crippen LogP contribution in [0.1, 0.15) is 23.2 Å². The molecule has 0 N–H and O–H groups in total. The van der Waals surface area contributed by atoms with Crippen molar-refractivity contribution in [3.05, 3.63) is 217 Å². The Morgan fingerprint density at radius 2 is 0.786 bits per heavy atom. The Hall–Kier alpha value is -7.16. The van der Waals surface area contributed by atoms with Gasteiger partial charge in [-0.1, -0.05) is 152 Å². The van der Waals surface area contributed by atoms with Gasteiger partial charge in [-0.15, -0.1) is 0 Å². The highest BCUT2D eigenvalue weighted by atomic mass is 15.0. The fourth-order valence-electron chi connectivity index (χ4n) is 8.96. The lowest BCUT2D eigenvalue weighted by atomic mass is 9.91. The first-order valence-electron chi connectivity index (χ1n) is 19.6. The molecule has 0 fully saturated rings. The van der Waals surface area contributed by atoms with Crippen LogP contribution in [0.15, 0.2) is 200 Å². The molecule has 8 aromatic carbocycles. The Bertz CT molecular complexity index is 3090. The van der Waals surface area contributed by atoms with E-state index in [-0.39, 0.29) is 0 Å². The summed E-state index contributed by atoms with van der Waals surface area (Å²) in [6.45, 7) is 0. The van der Waals surface area contributed by atoms with Crippen molar-refractivity contribution in [1.82, 2.24) is 9.13 Å². The summed E-state index contributed by atoms with van der Waals surface area (Å²) in [5.74, 6) is 0. The number of aromatic nitrogens is 2.